The number of ether oxygens (including phenoxy) is 2. The number of hydrogen-bond acceptors (Lipinski definition) is 4. The third-order valence-corrected chi connectivity index (χ3v) is 4.06. The first-order valence-corrected chi connectivity index (χ1v) is 8.66. The normalized spacial score (nSPS) is 15.8. The monoisotopic (exact) mass is 352 g/mol. The number of benzene rings is 1. The van der Waals surface area contributed by atoms with Crippen LogP contribution in [0, 0.1) is 12.0 Å². The van der Waals surface area contributed by atoms with Crippen LogP contribution in [0.3, 0.4) is 0 Å². The Morgan fingerprint density at radius 3 is 2.62 bits per heavy atom. The smallest absolute Gasteiger partial charge is 0.235 e. The minimum Gasteiger partial charge on any atom is -0.489 e. The van der Waals surface area contributed by atoms with Gasteiger partial charge in [0.05, 0.1) is 5.56 Å². The van der Waals surface area contributed by atoms with Gasteiger partial charge in [-0.15, -0.1) is 0 Å². The van der Waals surface area contributed by atoms with Crippen molar-refractivity contribution in [1.82, 2.24) is 0 Å². The maximum atomic E-state index is 12.5. The Kier molecular flexibility index (Phi) is 6.80. The molecule has 2 rings (SSSR count). The van der Waals surface area contributed by atoms with Gasteiger partial charge in [0, 0.05) is 12.5 Å². The molecule has 1 aromatic carbocycles. The zero-order chi connectivity index (χ0) is 19.1. The van der Waals surface area contributed by atoms with E-state index in [1.807, 2.05) is 6.08 Å². The Bertz CT molecular complexity index is 814. The minimum absolute atomic E-state index is 0.288. The Balaban J connectivity index is 2.07. The number of allylic oxidation sites excluding steroid dienone is 3. The van der Waals surface area contributed by atoms with E-state index in [9.17, 15) is 9.59 Å². The topological polar surface area (TPSA) is 52.6 Å². The van der Waals surface area contributed by atoms with E-state index in [1.54, 1.807) is 25.1 Å². The van der Waals surface area contributed by atoms with Crippen LogP contribution in [0.15, 0.2) is 41.5 Å². The van der Waals surface area contributed by atoms with E-state index in [0.717, 1.165) is 12.8 Å². The van der Waals surface area contributed by atoms with E-state index in [-0.39, 0.29) is 11.3 Å². The number of fused-ring (bicyclic) bond motifs is 1. The van der Waals surface area contributed by atoms with E-state index < -0.39 is 11.9 Å². The third kappa shape index (κ3) is 4.64. The predicted octanol–water partition coefficient (Wildman–Crippen LogP) is 4.50. The van der Waals surface area contributed by atoms with Crippen LogP contribution in [0.4, 0.5) is 0 Å². The Labute approximate surface area is 154 Å². The van der Waals surface area contributed by atoms with Gasteiger partial charge in [-0.3, -0.25) is 9.59 Å². The van der Waals surface area contributed by atoms with Gasteiger partial charge in [0.15, 0.2) is 0 Å². The molecule has 0 fully saturated rings. The fraction of sp³-hybridized carbons (Fsp3) is 0.364. The van der Waals surface area contributed by atoms with Crippen LogP contribution < -0.4 is 4.74 Å². The average molecular weight is 352 g/mol. The molecule has 0 heterocycles. The fourth-order valence-electron chi connectivity index (χ4n) is 2.69. The van der Waals surface area contributed by atoms with Crippen molar-refractivity contribution in [3.05, 3.63) is 52.6 Å². The first-order valence-electron chi connectivity index (χ1n) is 8.66. The summed E-state index contributed by atoms with van der Waals surface area (Å²) < 4.78 is 10.8. The first kappa shape index (κ1) is 19.5. The largest absolute Gasteiger partial charge is 0.489 e. The molecule has 0 saturated carbocycles. The van der Waals surface area contributed by atoms with Crippen LogP contribution in [-0.2, 0) is 4.74 Å². The molecule has 0 aromatic heterocycles. The lowest BCUT2D eigenvalue weighted by atomic mass is 10.1. The standard InChI is InChI=1S/C22H24O4/c1-5-13-26-22-20(23)17-10-7-11-18(19(17)21(22)24)25-14-12-16(4)9-6-8-15(2)3/h7-8,10-12,22H,6,9,14H2,1-4H3/b16-12+. The number of carbonyl (C=O) groups excluding carboxylic acids is 2. The van der Waals surface area contributed by atoms with Gasteiger partial charge in [-0.2, -0.15) is 0 Å². The molecule has 0 bridgehead atoms. The summed E-state index contributed by atoms with van der Waals surface area (Å²) in [4.78, 5) is 24.9. The van der Waals surface area contributed by atoms with Gasteiger partial charge in [-0.1, -0.05) is 35.3 Å². The molecule has 1 aliphatic carbocycles. The molecule has 1 unspecified atom stereocenters. The number of carbonyl (C=O) groups is 2. The van der Waals surface area contributed by atoms with Crippen LogP contribution in [-0.4, -0.2) is 24.3 Å². The van der Waals surface area contributed by atoms with Crippen molar-refractivity contribution in [3.8, 4) is 17.8 Å². The van der Waals surface area contributed by atoms with Gasteiger partial charge in [0.25, 0.3) is 0 Å². The highest BCUT2D eigenvalue weighted by Crippen LogP contribution is 2.32. The number of ketones is 2. The van der Waals surface area contributed by atoms with Crippen molar-refractivity contribution in [2.75, 3.05) is 6.61 Å². The van der Waals surface area contributed by atoms with Crippen molar-refractivity contribution in [2.45, 2.75) is 46.6 Å². The summed E-state index contributed by atoms with van der Waals surface area (Å²) in [6.07, 6.45) is 7.31. The highest BCUT2D eigenvalue weighted by Gasteiger charge is 2.42. The Morgan fingerprint density at radius 1 is 1.15 bits per heavy atom. The van der Waals surface area contributed by atoms with Crippen LogP contribution >= 0.6 is 0 Å². The summed E-state index contributed by atoms with van der Waals surface area (Å²) in [5, 5.41) is 0. The molecular formula is C22H24O4. The third-order valence-electron chi connectivity index (χ3n) is 4.06. The summed E-state index contributed by atoms with van der Waals surface area (Å²) in [6.45, 7) is 8.15. The maximum Gasteiger partial charge on any atom is 0.235 e. The molecule has 0 saturated heterocycles. The quantitative estimate of drug-likeness (QED) is 0.412. The fourth-order valence-corrected chi connectivity index (χ4v) is 2.69. The zero-order valence-electron chi connectivity index (χ0n) is 15.7. The van der Waals surface area contributed by atoms with Gasteiger partial charge in [0.1, 0.15) is 18.5 Å². The van der Waals surface area contributed by atoms with E-state index >= 15 is 0 Å². The molecule has 0 N–H and O–H groups in total. The summed E-state index contributed by atoms with van der Waals surface area (Å²) in [5.41, 5.74) is 3.15. The van der Waals surface area contributed by atoms with Crippen LogP contribution in [0.25, 0.3) is 0 Å². The second-order valence-electron chi connectivity index (χ2n) is 6.44. The Morgan fingerprint density at radius 2 is 1.92 bits per heavy atom. The van der Waals surface area contributed by atoms with Gasteiger partial charge in [-0.05, 0) is 45.8 Å². The second-order valence-corrected chi connectivity index (χ2v) is 6.44. The molecule has 0 amide bonds. The van der Waals surface area contributed by atoms with Gasteiger partial charge in [0.2, 0.25) is 17.7 Å². The minimum atomic E-state index is -1.19. The van der Waals surface area contributed by atoms with Crippen molar-refractivity contribution in [1.29, 1.82) is 0 Å². The van der Waals surface area contributed by atoms with E-state index in [4.69, 9.17) is 9.47 Å². The number of rotatable bonds is 7. The summed E-state index contributed by atoms with van der Waals surface area (Å²) >= 11 is 0. The van der Waals surface area contributed by atoms with Crippen LogP contribution in [0.5, 0.6) is 5.75 Å². The molecule has 1 aromatic rings. The predicted molar refractivity (Wildman–Crippen MR) is 101 cm³/mol. The second kappa shape index (κ2) is 9.05. The lowest BCUT2D eigenvalue weighted by Crippen LogP contribution is -2.24. The summed E-state index contributed by atoms with van der Waals surface area (Å²) in [6, 6.07) is 5.02. The van der Waals surface area contributed by atoms with Crippen LogP contribution in [0.1, 0.15) is 61.3 Å². The highest BCUT2D eigenvalue weighted by atomic mass is 16.5. The lowest BCUT2D eigenvalue weighted by molar-refractivity contribution is 0.0658. The summed E-state index contributed by atoms with van der Waals surface area (Å²) in [7, 11) is 0. The number of hydrogen-bond donors (Lipinski definition) is 0. The van der Waals surface area contributed by atoms with E-state index in [1.165, 1.54) is 11.1 Å². The highest BCUT2D eigenvalue weighted by molar-refractivity contribution is 6.29. The molecule has 136 valence electrons. The van der Waals surface area contributed by atoms with E-state index in [2.05, 4.69) is 38.9 Å². The van der Waals surface area contributed by atoms with Gasteiger partial charge < -0.3 is 9.47 Å². The lowest BCUT2D eigenvalue weighted by Gasteiger charge is -2.08. The molecule has 0 aliphatic heterocycles. The Hall–Kier alpha value is -2.80. The SMILES string of the molecule is CC#COC1C(=O)c2cccc(OC/C=C(\C)CCC=C(C)C)c2C1=O. The van der Waals surface area contributed by atoms with Gasteiger partial charge >= 0.3 is 0 Å². The van der Waals surface area contributed by atoms with Crippen molar-refractivity contribution < 1.29 is 19.1 Å². The maximum absolute atomic E-state index is 12.5. The molecule has 1 aliphatic rings. The molecule has 1 atom stereocenters. The van der Waals surface area contributed by atoms with Crippen molar-refractivity contribution >= 4 is 11.6 Å². The molecule has 4 nitrogen and oxygen atoms in total. The van der Waals surface area contributed by atoms with Gasteiger partial charge in [-0.25, -0.2) is 0 Å². The number of Topliss-reactive ketones (excluding diaryl/α,β-unsaturated/α-hetero) is 2. The molecule has 26 heavy (non-hydrogen) atoms. The van der Waals surface area contributed by atoms with E-state index in [0.29, 0.717) is 17.9 Å². The van der Waals surface area contributed by atoms with Crippen molar-refractivity contribution in [2.24, 2.45) is 0 Å². The van der Waals surface area contributed by atoms with Crippen LogP contribution in [0.2, 0.25) is 0 Å². The molecular weight excluding hydrogens is 328 g/mol. The molecule has 0 radical (unpaired) electrons. The average Bonchev–Trinajstić information content (AvgIpc) is 2.84. The summed E-state index contributed by atoms with van der Waals surface area (Å²) in [5.74, 6) is 2.17. The van der Waals surface area contributed by atoms with Crippen molar-refractivity contribution in [3.63, 3.8) is 0 Å². The molecule has 0 spiro atoms. The molecule has 4 heteroatoms. The zero-order valence-corrected chi connectivity index (χ0v) is 15.7. The first-order chi connectivity index (χ1) is 12.5.